The summed E-state index contributed by atoms with van der Waals surface area (Å²) in [5.41, 5.74) is 1.67. The molecule has 22 heavy (non-hydrogen) atoms. The van der Waals surface area contributed by atoms with E-state index in [0.29, 0.717) is 22.9 Å². The van der Waals surface area contributed by atoms with E-state index < -0.39 is 0 Å². The fraction of sp³-hybridized carbons (Fsp3) is 0.235. The lowest BCUT2D eigenvalue weighted by Crippen LogP contribution is -2.20. The van der Waals surface area contributed by atoms with Crippen LogP contribution in [-0.4, -0.2) is 26.7 Å². The Balaban J connectivity index is 1.97. The van der Waals surface area contributed by atoms with Crippen molar-refractivity contribution in [3.63, 3.8) is 0 Å². The average Bonchev–Trinajstić information content (AvgIpc) is 2.52. The van der Waals surface area contributed by atoms with Gasteiger partial charge < -0.3 is 19.5 Å². The molecular formula is C17H19NO4. The first kappa shape index (κ1) is 15.7. The highest BCUT2D eigenvalue weighted by Gasteiger charge is 2.07. The second-order valence-electron chi connectivity index (χ2n) is 4.75. The Hall–Kier alpha value is -2.69. The molecule has 0 fully saturated rings. The van der Waals surface area contributed by atoms with Crippen LogP contribution in [0.15, 0.2) is 42.5 Å². The van der Waals surface area contributed by atoms with Gasteiger partial charge in [0.05, 0.1) is 14.2 Å². The van der Waals surface area contributed by atoms with Crippen molar-refractivity contribution in [2.24, 2.45) is 0 Å². The molecule has 0 unspecified atom stereocenters. The zero-order valence-corrected chi connectivity index (χ0v) is 12.9. The van der Waals surface area contributed by atoms with Crippen LogP contribution in [0.3, 0.4) is 0 Å². The second kappa shape index (κ2) is 7.36. The Morgan fingerprint density at radius 2 is 1.68 bits per heavy atom. The molecule has 5 heteroatoms. The van der Waals surface area contributed by atoms with Crippen molar-refractivity contribution in [3.05, 3.63) is 48.0 Å². The number of aryl methyl sites for hydroxylation is 1. The highest BCUT2D eigenvalue weighted by Crippen LogP contribution is 2.25. The quantitative estimate of drug-likeness (QED) is 0.891. The molecule has 0 bridgehead atoms. The number of hydrogen-bond acceptors (Lipinski definition) is 4. The average molecular weight is 301 g/mol. The van der Waals surface area contributed by atoms with E-state index in [1.165, 1.54) is 0 Å². The summed E-state index contributed by atoms with van der Waals surface area (Å²) >= 11 is 0. The van der Waals surface area contributed by atoms with Gasteiger partial charge in [-0.25, -0.2) is 0 Å². The zero-order chi connectivity index (χ0) is 15.9. The minimum atomic E-state index is -0.253. The largest absolute Gasteiger partial charge is 0.497 e. The summed E-state index contributed by atoms with van der Waals surface area (Å²) in [5.74, 6) is 1.62. The van der Waals surface area contributed by atoms with Gasteiger partial charge in [0.2, 0.25) is 0 Å². The van der Waals surface area contributed by atoms with Crippen LogP contribution in [-0.2, 0) is 4.79 Å². The number of anilines is 1. The molecule has 1 amide bonds. The molecule has 0 saturated heterocycles. The van der Waals surface area contributed by atoms with Crippen LogP contribution in [0.25, 0.3) is 0 Å². The lowest BCUT2D eigenvalue weighted by molar-refractivity contribution is -0.118. The monoisotopic (exact) mass is 301 g/mol. The van der Waals surface area contributed by atoms with Crippen LogP contribution < -0.4 is 19.5 Å². The van der Waals surface area contributed by atoms with Gasteiger partial charge in [0.1, 0.15) is 17.2 Å². The predicted octanol–water partition coefficient (Wildman–Crippen LogP) is 3.03. The molecule has 0 radical (unpaired) electrons. The molecular weight excluding hydrogens is 282 g/mol. The minimum Gasteiger partial charge on any atom is -0.497 e. The maximum atomic E-state index is 12.0. The molecule has 0 aliphatic heterocycles. The predicted molar refractivity (Wildman–Crippen MR) is 84.8 cm³/mol. The van der Waals surface area contributed by atoms with Gasteiger partial charge in [0.25, 0.3) is 5.91 Å². The summed E-state index contributed by atoms with van der Waals surface area (Å²) in [6.07, 6.45) is 0. The van der Waals surface area contributed by atoms with Crippen molar-refractivity contribution < 1.29 is 19.0 Å². The molecule has 2 aromatic rings. The Labute approximate surface area is 129 Å². The van der Waals surface area contributed by atoms with E-state index in [-0.39, 0.29) is 12.5 Å². The van der Waals surface area contributed by atoms with Gasteiger partial charge in [-0.05, 0) is 24.6 Å². The van der Waals surface area contributed by atoms with E-state index >= 15 is 0 Å². The van der Waals surface area contributed by atoms with Gasteiger partial charge in [-0.15, -0.1) is 0 Å². The number of nitrogens with one attached hydrogen (secondary N) is 1. The van der Waals surface area contributed by atoms with Crippen molar-refractivity contribution in [3.8, 4) is 17.2 Å². The molecule has 2 rings (SSSR count). The standard InChI is InChI=1S/C17H19NO4/c1-12-5-4-6-14(7-12)22-11-17(19)18-13-8-15(20-2)10-16(9-13)21-3/h4-10H,11H2,1-3H3,(H,18,19). The van der Waals surface area contributed by atoms with Crippen molar-refractivity contribution in [2.45, 2.75) is 6.92 Å². The number of amides is 1. The third kappa shape index (κ3) is 4.41. The highest BCUT2D eigenvalue weighted by atomic mass is 16.5. The molecule has 0 heterocycles. The van der Waals surface area contributed by atoms with Crippen molar-refractivity contribution in [1.82, 2.24) is 0 Å². The number of methoxy groups -OCH3 is 2. The van der Waals surface area contributed by atoms with Crippen LogP contribution in [0, 0.1) is 6.92 Å². The van der Waals surface area contributed by atoms with Crippen molar-refractivity contribution >= 4 is 11.6 Å². The molecule has 0 atom stereocenters. The number of carbonyl (C=O) groups is 1. The smallest absolute Gasteiger partial charge is 0.262 e. The van der Waals surface area contributed by atoms with Gasteiger partial charge >= 0.3 is 0 Å². The van der Waals surface area contributed by atoms with Gasteiger partial charge in [0, 0.05) is 23.9 Å². The van der Waals surface area contributed by atoms with Crippen LogP contribution in [0.5, 0.6) is 17.2 Å². The highest BCUT2D eigenvalue weighted by molar-refractivity contribution is 5.92. The maximum Gasteiger partial charge on any atom is 0.262 e. The minimum absolute atomic E-state index is 0.0665. The van der Waals surface area contributed by atoms with E-state index in [4.69, 9.17) is 14.2 Å². The van der Waals surface area contributed by atoms with Gasteiger partial charge in [-0.3, -0.25) is 4.79 Å². The molecule has 0 saturated carbocycles. The first-order valence-corrected chi connectivity index (χ1v) is 6.83. The lowest BCUT2D eigenvalue weighted by Gasteiger charge is -2.10. The molecule has 2 aromatic carbocycles. The summed E-state index contributed by atoms with van der Waals surface area (Å²) in [4.78, 5) is 12.0. The Bertz CT molecular complexity index is 633. The number of carbonyl (C=O) groups excluding carboxylic acids is 1. The van der Waals surface area contributed by atoms with Gasteiger partial charge in [-0.1, -0.05) is 12.1 Å². The van der Waals surface area contributed by atoms with Gasteiger partial charge in [-0.2, -0.15) is 0 Å². The fourth-order valence-corrected chi connectivity index (χ4v) is 1.93. The molecule has 1 N–H and O–H groups in total. The summed E-state index contributed by atoms with van der Waals surface area (Å²) < 4.78 is 15.8. The van der Waals surface area contributed by atoms with Crippen LogP contribution in [0.4, 0.5) is 5.69 Å². The Morgan fingerprint density at radius 3 is 2.27 bits per heavy atom. The topological polar surface area (TPSA) is 56.8 Å². The van der Waals surface area contributed by atoms with E-state index in [2.05, 4.69) is 5.32 Å². The SMILES string of the molecule is COc1cc(NC(=O)COc2cccc(C)c2)cc(OC)c1. The molecule has 0 spiro atoms. The van der Waals surface area contributed by atoms with E-state index in [1.807, 2.05) is 31.2 Å². The Kier molecular flexibility index (Phi) is 5.25. The first-order chi connectivity index (χ1) is 10.6. The van der Waals surface area contributed by atoms with Crippen LogP contribution in [0.2, 0.25) is 0 Å². The Morgan fingerprint density at radius 1 is 1.00 bits per heavy atom. The zero-order valence-electron chi connectivity index (χ0n) is 12.9. The summed E-state index contributed by atoms with van der Waals surface area (Å²) in [5, 5.41) is 2.75. The van der Waals surface area contributed by atoms with Crippen LogP contribution >= 0.6 is 0 Å². The van der Waals surface area contributed by atoms with Crippen molar-refractivity contribution in [2.75, 3.05) is 26.1 Å². The number of rotatable bonds is 6. The first-order valence-electron chi connectivity index (χ1n) is 6.83. The normalized spacial score (nSPS) is 9.95. The second-order valence-corrected chi connectivity index (χ2v) is 4.75. The maximum absolute atomic E-state index is 12.0. The molecule has 0 aliphatic carbocycles. The van der Waals surface area contributed by atoms with Crippen LogP contribution in [0.1, 0.15) is 5.56 Å². The number of hydrogen-bond donors (Lipinski definition) is 1. The fourth-order valence-electron chi connectivity index (χ4n) is 1.93. The van der Waals surface area contributed by atoms with E-state index in [9.17, 15) is 4.79 Å². The number of benzene rings is 2. The molecule has 5 nitrogen and oxygen atoms in total. The summed E-state index contributed by atoms with van der Waals surface area (Å²) in [6.45, 7) is 1.90. The lowest BCUT2D eigenvalue weighted by atomic mass is 10.2. The third-order valence-corrected chi connectivity index (χ3v) is 2.99. The van der Waals surface area contributed by atoms with E-state index in [1.54, 1.807) is 32.4 Å². The van der Waals surface area contributed by atoms with E-state index in [0.717, 1.165) is 5.56 Å². The third-order valence-electron chi connectivity index (χ3n) is 2.99. The number of ether oxygens (including phenoxy) is 3. The summed E-state index contributed by atoms with van der Waals surface area (Å²) in [6, 6.07) is 12.7. The molecule has 116 valence electrons. The summed E-state index contributed by atoms with van der Waals surface area (Å²) in [7, 11) is 3.11. The molecule has 0 aliphatic rings. The van der Waals surface area contributed by atoms with Gasteiger partial charge in [0.15, 0.2) is 6.61 Å². The molecule has 0 aromatic heterocycles. The van der Waals surface area contributed by atoms with Crippen molar-refractivity contribution in [1.29, 1.82) is 0 Å².